The van der Waals surface area contributed by atoms with E-state index in [-0.39, 0.29) is 11.2 Å². The molecule has 1 aliphatic rings. The third-order valence-electron chi connectivity index (χ3n) is 3.67. The number of halogens is 1. The van der Waals surface area contributed by atoms with Crippen LogP contribution in [-0.4, -0.2) is 5.54 Å². The van der Waals surface area contributed by atoms with E-state index in [1.54, 1.807) is 12.1 Å². The van der Waals surface area contributed by atoms with Gasteiger partial charge in [0.25, 0.3) is 0 Å². The maximum Gasteiger partial charge on any atom is 0.127 e. The number of benzene rings is 1. The molecule has 1 fully saturated rings. The van der Waals surface area contributed by atoms with Crippen LogP contribution in [0, 0.1) is 22.6 Å². The summed E-state index contributed by atoms with van der Waals surface area (Å²) in [6.45, 7) is 4.01. The second-order valence-corrected chi connectivity index (χ2v) is 4.93. The van der Waals surface area contributed by atoms with Crippen molar-refractivity contribution < 1.29 is 4.39 Å². The van der Waals surface area contributed by atoms with Gasteiger partial charge in [0.05, 0.1) is 6.07 Å². The van der Waals surface area contributed by atoms with Gasteiger partial charge in [0, 0.05) is 11.1 Å². The fourth-order valence-corrected chi connectivity index (χ4v) is 1.82. The molecule has 0 spiro atoms. The predicted molar refractivity (Wildman–Crippen MR) is 61.4 cm³/mol. The minimum absolute atomic E-state index is 0.0378. The van der Waals surface area contributed by atoms with E-state index in [1.807, 2.05) is 6.92 Å². The number of anilines is 1. The van der Waals surface area contributed by atoms with Crippen molar-refractivity contribution in [2.24, 2.45) is 5.41 Å². The number of nitrogens with zero attached hydrogens (tertiary/aromatic N) is 1. The van der Waals surface area contributed by atoms with Crippen LogP contribution < -0.4 is 5.32 Å². The number of hydrogen-bond donors (Lipinski definition) is 1. The zero-order valence-corrected chi connectivity index (χ0v) is 9.55. The molecule has 0 bridgehead atoms. The number of nitriles is 1. The van der Waals surface area contributed by atoms with E-state index < -0.39 is 5.54 Å². The average Bonchev–Trinajstić information content (AvgIpc) is 3.01. The number of nitrogens with one attached hydrogen (secondary N) is 1. The molecule has 0 radical (unpaired) electrons. The van der Waals surface area contributed by atoms with Crippen LogP contribution in [0.4, 0.5) is 10.1 Å². The van der Waals surface area contributed by atoms with Crippen molar-refractivity contribution in [3.63, 3.8) is 0 Å². The Labute approximate surface area is 95.1 Å². The normalized spacial score (nSPS) is 20.6. The standard InChI is InChI=1S/C13H15FN2/c1-12(7-8-12)13(2,9-15)16-11-5-3-10(14)4-6-11/h3-6,16H,7-8H2,1-2H3. The van der Waals surface area contributed by atoms with E-state index in [1.165, 1.54) is 12.1 Å². The van der Waals surface area contributed by atoms with Crippen LogP contribution in [0.5, 0.6) is 0 Å². The summed E-state index contributed by atoms with van der Waals surface area (Å²) in [4.78, 5) is 0. The molecule has 1 aromatic rings. The molecular formula is C13H15FN2. The van der Waals surface area contributed by atoms with E-state index in [0.717, 1.165) is 18.5 Å². The van der Waals surface area contributed by atoms with Crippen LogP contribution in [-0.2, 0) is 0 Å². The molecule has 2 nitrogen and oxygen atoms in total. The Bertz CT molecular complexity index is 428. The van der Waals surface area contributed by atoms with Crippen LogP contribution >= 0.6 is 0 Å². The van der Waals surface area contributed by atoms with Crippen molar-refractivity contribution in [1.82, 2.24) is 0 Å². The van der Waals surface area contributed by atoms with E-state index in [2.05, 4.69) is 18.3 Å². The van der Waals surface area contributed by atoms with E-state index >= 15 is 0 Å². The Kier molecular flexibility index (Phi) is 2.38. The van der Waals surface area contributed by atoms with Crippen molar-refractivity contribution in [2.75, 3.05) is 5.32 Å². The highest BCUT2D eigenvalue weighted by molar-refractivity contribution is 5.49. The fourth-order valence-electron chi connectivity index (χ4n) is 1.82. The van der Waals surface area contributed by atoms with Crippen molar-refractivity contribution >= 4 is 5.69 Å². The molecule has 1 aromatic carbocycles. The molecule has 0 aliphatic heterocycles. The largest absolute Gasteiger partial charge is 0.367 e. The van der Waals surface area contributed by atoms with E-state index in [4.69, 9.17) is 0 Å². The van der Waals surface area contributed by atoms with Crippen molar-refractivity contribution in [2.45, 2.75) is 32.2 Å². The SMILES string of the molecule is CC1(C(C)(C#N)Nc2ccc(F)cc2)CC1. The molecule has 1 atom stereocenters. The second-order valence-electron chi connectivity index (χ2n) is 4.93. The molecule has 1 unspecified atom stereocenters. The van der Waals surface area contributed by atoms with Crippen LogP contribution in [0.15, 0.2) is 24.3 Å². The van der Waals surface area contributed by atoms with E-state index in [0.29, 0.717) is 0 Å². The molecule has 0 saturated heterocycles. The third-order valence-corrected chi connectivity index (χ3v) is 3.67. The van der Waals surface area contributed by atoms with E-state index in [9.17, 15) is 9.65 Å². The maximum absolute atomic E-state index is 12.8. The summed E-state index contributed by atoms with van der Waals surface area (Å²) in [5.74, 6) is -0.262. The van der Waals surface area contributed by atoms with Crippen molar-refractivity contribution in [1.29, 1.82) is 5.26 Å². The quantitative estimate of drug-likeness (QED) is 0.844. The van der Waals surface area contributed by atoms with Gasteiger partial charge in [-0.1, -0.05) is 6.92 Å². The highest BCUT2D eigenvalue weighted by atomic mass is 19.1. The summed E-state index contributed by atoms with van der Waals surface area (Å²) in [5.41, 5.74) is 0.250. The summed E-state index contributed by atoms with van der Waals surface area (Å²) in [7, 11) is 0. The van der Waals surface area contributed by atoms with Crippen molar-refractivity contribution in [3.8, 4) is 6.07 Å². The first-order chi connectivity index (χ1) is 7.49. The Morgan fingerprint density at radius 3 is 2.38 bits per heavy atom. The fraction of sp³-hybridized carbons (Fsp3) is 0.462. The van der Waals surface area contributed by atoms with Crippen molar-refractivity contribution in [3.05, 3.63) is 30.1 Å². The van der Waals surface area contributed by atoms with Gasteiger partial charge < -0.3 is 5.32 Å². The molecule has 2 rings (SSSR count). The van der Waals surface area contributed by atoms with Crippen LogP contribution in [0.1, 0.15) is 26.7 Å². The molecular weight excluding hydrogens is 203 g/mol. The molecule has 84 valence electrons. The average molecular weight is 218 g/mol. The van der Waals surface area contributed by atoms with Gasteiger partial charge in [-0.3, -0.25) is 0 Å². The van der Waals surface area contributed by atoms with Crippen LogP contribution in [0.3, 0.4) is 0 Å². The first-order valence-electron chi connectivity index (χ1n) is 5.44. The summed E-state index contributed by atoms with van der Waals surface area (Å²) in [6, 6.07) is 8.46. The lowest BCUT2D eigenvalue weighted by Gasteiger charge is -2.31. The minimum Gasteiger partial charge on any atom is -0.367 e. The number of hydrogen-bond acceptors (Lipinski definition) is 2. The summed E-state index contributed by atoms with van der Waals surface area (Å²) < 4.78 is 12.8. The van der Waals surface area contributed by atoms with Crippen LogP contribution in [0.25, 0.3) is 0 Å². The maximum atomic E-state index is 12.8. The zero-order valence-electron chi connectivity index (χ0n) is 9.55. The Hall–Kier alpha value is -1.56. The predicted octanol–water partition coefficient (Wildman–Crippen LogP) is 3.32. The smallest absolute Gasteiger partial charge is 0.127 e. The summed E-state index contributed by atoms with van der Waals surface area (Å²) in [6.07, 6.45) is 2.12. The molecule has 0 amide bonds. The molecule has 3 heteroatoms. The van der Waals surface area contributed by atoms with Gasteiger partial charge in [0.15, 0.2) is 0 Å². The van der Waals surface area contributed by atoms with Gasteiger partial charge in [-0.2, -0.15) is 5.26 Å². The second kappa shape index (κ2) is 3.48. The zero-order chi connectivity index (χ0) is 11.8. The monoisotopic (exact) mass is 218 g/mol. The highest BCUT2D eigenvalue weighted by Gasteiger charge is 2.53. The molecule has 1 aliphatic carbocycles. The summed E-state index contributed by atoms with van der Waals surface area (Å²) in [5, 5.41) is 12.5. The molecule has 16 heavy (non-hydrogen) atoms. The minimum atomic E-state index is -0.579. The van der Waals surface area contributed by atoms with Gasteiger partial charge in [0.1, 0.15) is 11.4 Å². The van der Waals surface area contributed by atoms with Gasteiger partial charge >= 0.3 is 0 Å². The first kappa shape index (κ1) is 10.9. The Balaban J connectivity index is 2.20. The van der Waals surface area contributed by atoms with Gasteiger partial charge in [-0.05, 0) is 44.0 Å². The molecule has 1 N–H and O–H groups in total. The Morgan fingerprint density at radius 2 is 1.94 bits per heavy atom. The molecule has 1 saturated carbocycles. The lowest BCUT2D eigenvalue weighted by atomic mass is 9.85. The van der Waals surface area contributed by atoms with Gasteiger partial charge in [0.2, 0.25) is 0 Å². The highest BCUT2D eigenvalue weighted by Crippen LogP contribution is 2.54. The first-order valence-corrected chi connectivity index (χ1v) is 5.44. The number of rotatable bonds is 3. The Morgan fingerprint density at radius 1 is 1.38 bits per heavy atom. The lowest BCUT2D eigenvalue weighted by Crippen LogP contribution is -2.41. The molecule has 0 heterocycles. The van der Waals surface area contributed by atoms with Gasteiger partial charge in [-0.25, -0.2) is 4.39 Å². The summed E-state index contributed by atoms with van der Waals surface area (Å²) >= 11 is 0. The van der Waals surface area contributed by atoms with Crippen LogP contribution in [0.2, 0.25) is 0 Å². The third kappa shape index (κ3) is 1.76. The van der Waals surface area contributed by atoms with Gasteiger partial charge in [-0.15, -0.1) is 0 Å². The topological polar surface area (TPSA) is 35.8 Å². The lowest BCUT2D eigenvalue weighted by molar-refractivity contribution is 0.405. The molecule has 0 aromatic heterocycles.